The van der Waals surface area contributed by atoms with E-state index in [9.17, 15) is 4.79 Å². The molecule has 3 nitrogen and oxygen atoms in total. The summed E-state index contributed by atoms with van der Waals surface area (Å²) in [5, 5.41) is 4.17. The average molecular weight is 313 g/mol. The van der Waals surface area contributed by atoms with Gasteiger partial charge in [0.25, 0.3) is 0 Å². The number of thiophene rings is 1. The molecule has 0 aromatic carbocycles. The molecule has 0 N–H and O–H groups in total. The third kappa shape index (κ3) is 2.50. The van der Waals surface area contributed by atoms with Crippen LogP contribution in [-0.4, -0.2) is 15.6 Å². The van der Waals surface area contributed by atoms with Gasteiger partial charge in [0.1, 0.15) is 5.69 Å². The molecule has 0 saturated heterocycles. The van der Waals surface area contributed by atoms with Gasteiger partial charge in [-0.2, -0.15) is 5.10 Å². The molecule has 0 atom stereocenters. The predicted molar refractivity (Wildman–Crippen MR) is 72.7 cm³/mol. The quantitative estimate of drug-likeness (QED) is 0.808. The zero-order valence-electron chi connectivity index (χ0n) is 9.74. The number of carbonyl (C=O) groups is 1. The van der Waals surface area contributed by atoms with Crippen LogP contribution in [0.1, 0.15) is 34.3 Å². The number of carbonyl (C=O) groups excluding carboxylic acids is 1. The van der Waals surface area contributed by atoms with Crippen molar-refractivity contribution in [2.45, 2.75) is 26.8 Å². The van der Waals surface area contributed by atoms with Gasteiger partial charge in [0.05, 0.1) is 8.66 Å². The second kappa shape index (κ2) is 5.14. The monoisotopic (exact) mass is 312 g/mol. The summed E-state index contributed by atoms with van der Waals surface area (Å²) in [6, 6.07) is 3.70. The molecule has 0 bridgehead atoms. The number of nitrogens with zero attached hydrogens (tertiary/aromatic N) is 2. The van der Waals surface area contributed by atoms with Crippen molar-refractivity contribution in [2.24, 2.45) is 0 Å². The van der Waals surface area contributed by atoms with Crippen molar-refractivity contribution in [2.75, 3.05) is 0 Å². The molecule has 2 heterocycles. The summed E-state index contributed by atoms with van der Waals surface area (Å²) in [6.45, 7) is 4.84. The van der Waals surface area contributed by atoms with Crippen LogP contribution in [0.2, 0.25) is 0 Å². The summed E-state index contributed by atoms with van der Waals surface area (Å²) in [5.41, 5.74) is 1.76. The second-order valence-corrected chi connectivity index (χ2v) is 6.21. The maximum Gasteiger partial charge on any atom is 0.220 e. The standard InChI is InChI=1S/C12H13BrN2OS/c1-3-6-15-9(4-5-14-15)11(16)10-7-8(2)12(13)17-10/h4-5,7H,3,6H2,1-2H3. The predicted octanol–water partition coefficient (Wildman–Crippen LogP) is 3.66. The molecule has 0 radical (unpaired) electrons. The summed E-state index contributed by atoms with van der Waals surface area (Å²) in [5.74, 6) is 0.0507. The van der Waals surface area contributed by atoms with Crippen molar-refractivity contribution in [3.8, 4) is 0 Å². The highest BCUT2D eigenvalue weighted by Gasteiger charge is 2.17. The van der Waals surface area contributed by atoms with Gasteiger partial charge in [0.2, 0.25) is 5.78 Å². The highest BCUT2D eigenvalue weighted by Crippen LogP contribution is 2.28. The Morgan fingerprint density at radius 2 is 2.35 bits per heavy atom. The number of hydrogen-bond donors (Lipinski definition) is 0. The second-order valence-electron chi connectivity index (χ2n) is 3.84. The third-order valence-corrected chi connectivity index (χ3v) is 4.60. The van der Waals surface area contributed by atoms with Crippen molar-refractivity contribution < 1.29 is 4.79 Å². The summed E-state index contributed by atoms with van der Waals surface area (Å²) in [6.07, 6.45) is 2.65. The van der Waals surface area contributed by atoms with Crippen LogP contribution in [0.4, 0.5) is 0 Å². The Labute approximate surface area is 113 Å². The molecule has 0 aliphatic rings. The molecule has 2 rings (SSSR count). The fourth-order valence-corrected chi connectivity index (χ4v) is 3.10. The number of aryl methyl sites for hydroxylation is 2. The van der Waals surface area contributed by atoms with Crippen LogP contribution < -0.4 is 0 Å². The summed E-state index contributed by atoms with van der Waals surface area (Å²) >= 11 is 4.91. The first-order valence-corrected chi connectivity index (χ1v) is 7.07. The molecule has 90 valence electrons. The average Bonchev–Trinajstić information content (AvgIpc) is 2.87. The van der Waals surface area contributed by atoms with Gasteiger partial charge in [-0.3, -0.25) is 9.48 Å². The molecule has 0 fully saturated rings. The van der Waals surface area contributed by atoms with Crippen molar-refractivity contribution in [1.29, 1.82) is 0 Å². The third-order valence-electron chi connectivity index (χ3n) is 2.47. The molecule has 2 aromatic heterocycles. The van der Waals surface area contributed by atoms with E-state index in [0.29, 0.717) is 5.69 Å². The van der Waals surface area contributed by atoms with Crippen LogP contribution in [0.15, 0.2) is 22.1 Å². The Kier molecular flexibility index (Phi) is 3.79. The minimum Gasteiger partial charge on any atom is -0.286 e. The highest BCUT2D eigenvalue weighted by atomic mass is 79.9. The summed E-state index contributed by atoms with van der Waals surface area (Å²) in [7, 11) is 0. The minimum atomic E-state index is 0.0507. The van der Waals surface area contributed by atoms with Crippen LogP contribution in [-0.2, 0) is 6.54 Å². The Balaban J connectivity index is 2.33. The van der Waals surface area contributed by atoms with Crippen LogP contribution in [0, 0.1) is 6.92 Å². The SMILES string of the molecule is CCCn1nccc1C(=O)c1cc(C)c(Br)s1. The van der Waals surface area contributed by atoms with Gasteiger partial charge in [-0.05, 0) is 47.0 Å². The molecule has 0 saturated carbocycles. The van der Waals surface area contributed by atoms with Crippen molar-refractivity contribution in [3.63, 3.8) is 0 Å². The molecular weight excluding hydrogens is 300 g/mol. The molecule has 0 aliphatic heterocycles. The topological polar surface area (TPSA) is 34.9 Å². The molecular formula is C12H13BrN2OS. The molecule has 17 heavy (non-hydrogen) atoms. The van der Waals surface area contributed by atoms with Crippen LogP contribution >= 0.6 is 27.3 Å². The minimum absolute atomic E-state index is 0.0507. The molecule has 2 aromatic rings. The normalized spacial score (nSPS) is 10.8. The van der Waals surface area contributed by atoms with E-state index in [2.05, 4.69) is 28.0 Å². The van der Waals surface area contributed by atoms with E-state index in [0.717, 1.165) is 27.2 Å². The maximum absolute atomic E-state index is 12.3. The molecule has 5 heteroatoms. The van der Waals surface area contributed by atoms with Gasteiger partial charge in [0.15, 0.2) is 0 Å². The molecule has 0 aliphatic carbocycles. The molecule has 0 unspecified atom stereocenters. The van der Waals surface area contributed by atoms with Crippen molar-refractivity contribution >= 4 is 33.0 Å². The Hall–Kier alpha value is -0.940. The fourth-order valence-electron chi connectivity index (χ4n) is 1.61. The van der Waals surface area contributed by atoms with Crippen molar-refractivity contribution in [1.82, 2.24) is 9.78 Å². The van der Waals surface area contributed by atoms with E-state index in [-0.39, 0.29) is 5.78 Å². The number of hydrogen-bond acceptors (Lipinski definition) is 3. The molecule has 0 spiro atoms. The molecule has 0 amide bonds. The Morgan fingerprint density at radius 1 is 1.59 bits per heavy atom. The largest absolute Gasteiger partial charge is 0.286 e. The van der Waals surface area contributed by atoms with E-state index in [4.69, 9.17) is 0 Å². The van der Waals surface area contributed by atoms with E-state index >= 15 is 0 Å². The van der Waals surface area contributed by atoms with Crippen LogP contribution in [0.5, 0.6) is 0 Å². The lowest BCUT2D eigenvalue weighted by atomic mass is 10.2. The highest BCUT2D eigenvalue weighted by molar-refractivity contribution is 9.11. The lowest BCUT2D eigenvalue weighted by Gasteiger charge is -2.03. The Bertz CT molecular complexity index is 525. The first-order chi connectivity index (χ1) is 8.13. The van der Waals surface area contributed by atoms with Gasteiger partial charge in [0, 0.05) is 12.7 Å². The van der Waals surface area contributed by atoms with Crippen LogP contribution in [0.25, 0.3) is 0 Å². The first-order valence-electron chi connectivity index (χ1n) is 5.46. The van der Waals surface area contributed by atoms with Gasteiger partial charge in [-0.25, -0.2) is 0 Å². The number of aromatic nitrogens is 2. The zero-order chi connectivity index (χ0) is 12.4. The zero-order valence-corrected chi connectivity index (χ0v) is 12.1. The maximum atomic E-state index is 12.3. The lowest BCUT2D eigenvalue weighted by molar-refractivity contribution is 0.103. The fraction of sp³-hybridized carbons (Fsp3) is 0.333. The van der Waals surface area contributed by atoms with Gasteiger partial charge >= 0.3 is 0 Å². The Morgan fingerprint density at radius 3 is 2.94 bits per heavy atom. The number of ketones is 1. The van der Waals surface area contributed by atoms with Gasteiger partial charge < -0.3 is 0 Å². The van der Waals surface area contributed by atoms with E-state index in [1.807, 2.05) is 13.0 Å². The smallest absolute Gasteiger partial charge is 0.220 e. The lowest BCUT2D eigenvalue weighted by Crippen LogP contribution is -2.10. The van der Waals surface area contributed by atoms with Crippen LogP contribution in [0.3, 0.4) is 0 Å². The van der Waals surface area contributed by atoms with Gasteiger partial charge in [-0.15, -0.1) is 11.3 Å². The van der Waals surface area contributed by atoms with Gasteiger partial charge in [-0.1, -0.05) is 6.92 Å². The summed E-state index contributed by atoms with van der Waals surface area (Å²) in [4.78, 5) is 13.1. The van der Waals surface area contributed by atoms with Crippen molar-refractivity contribution in [3.05, 3.63) is 38.3 Å². The number of halogens is 1. The van der Waals surface area contributed by atoms with E-state index in [1.165, 1.54) is 11.3 Å². The van der Waals surface area contributed by atoms with E-state index in [1.54, 1.807) is 16.9 Å². The van der Waals surface area contributed by atoms with E-state index < -0.39 is 0 Å². The number of rotatable bonds is 4. The first kappa shape index (κ1) is 12.5. The summed E-state index contributed by atoms with van der Waals surface area (Å²) < 4.78 is 2.79.